The Labute approximate surface area is 165 Å². The van der Waals surface area contributed by atoms with Gasteiger partial charge in [0.25, 0.3) is 0 Å². The van der Waals surface area contributed by atoms with Gasteiger partial charge in [0.15, 0.2) is 0 Å². The number of carbonyl (C=O) groups is 2. The minimum atomic E-state index is -0.231. The van der Waals surface area contributed by atoms with Gasteiger partial charge in [-0.25, -0.2) is 4.98 Å². The Hall–Kier alpha value is -2.70. The van der Waals surface area contributed by atoms with Crippen molar-refractivity contribution in [2.45, 2.75) is 45.2 Å². The Morgan fingerprint density at radius 3 is 2.71 bits per heavy atom. The van der Waals surface area contributed by atoms with E-state index < -0.39 is 0 Å². The lowest BCUT2D eigenvalue weighted by Crippen LogP contribution is -2.42. The van der Waals surface area contributed by atoms with Crippen molar-refractivity contribution in [2.24, 2.45) is 5.92 Å². The zero-order chi connectivity index (χ0) is 19.5. The van der Waals surface area contributed by atoms with Crippen LogP contribution in [0.15, 0.2) is 36.8 Å². The van der Waals surface area contributed by atoms with Gasteiger partial charge >= 0.3 is 0 Å². The molecule has 2 aliphatic heterocycles. The van der Waals surface area contributed by atoms with Gasteiger partial charge in [0, 0.05) is 57.1 Å². The quantitative estimate of drug-likeness (QED) is 0.795. The van der Waals surface area contributed by atoms with E-state index in [1.54, 1.807) is 11.1 Å². The maximum atomic E-state index is 13.0. The first-order chi connectivity index (χ1) is 13.7. The molecular weight excluding hydrogens is 354 g/mol. The van der Waals surface area contributed by atoms with Crippen LogP contribution in [0.2, 0.25) is 0 Å². The van der Waals surface area contributed by atoms with Crippen molar-refractivity contribution in [1.82, 2.24) is 24.3 Å². The Morgan fingerprint density at radius 2 is 2.00 bits per heavy atom. The molecule has 2 saturated heterocycles. The zero-order valence-electron chi connectivity index (χ0n) is 16.3. The highest BCUT2D eigenvalue weighted by molar-refractivity contribution is 5.89. The number of aromatic nitrogens is 3. The number of carbonyl (C=O) groups excluding carboxylic acids is 2. The molecule has 4 rings (SSSR count). The van der Waals surface area contributed by atoms with Crippen LogP contribution in [0.4, 0.5) is 0 Å². The third-order valence-electron chi connectivity index (χ3n) is 5.90. The molecule has 0 N–H and O–H groups in total. The average Bonchev–Trinajstić information content (AvgIpc) is 3.35. The van der Waals surface area contributed by atoms with E-state index in [2.05, 4.69) is 21.5 Å². The molecule has 7 heteroatoms. The second-order valence-electron chi connectivity index (χ2n) is 7.67. The normalized spacial score (nSPS) is 20.8. The van der Waals surface area contributed by atoms with Crippen molar-refractivity contribution in [2.75, 3.05) is 19.6 Å². The lowest BCUT2D eigenvalue weighted by Gasteiger charge is -2.33. The molecule has 2 aromatic heterocycles. The van der Waals surface area contributed by atoms with E-state index in [1.165, 1.54) is 0 Å². The summed E-state index contributed by atoms with van der Waals surface area (Å²) < 4.78 is 2.19. The zero-order valence-corrected chi connectivity index (χ0v) is 16.3. The number of aryl methyl sites for hydroxylation is 1. The molecule has 0 saturated carbocycles. The number of pyridine rings is 1. The number of amides is 2. The van der Waals surface area contributed by atoms with E-state index in [9.17, 15) is 9.59 Å². The van der Waals surface area contributed by atoms with E-state index in [-0.39, 0.29) is 17.7 Å². The Kier molecular flexibility index (Phi) is 5.41. The minimum absolute atomic E-state index is 0.0452. The fourth-order valence-electron chi connectivity index (χ4n) is 4.34. The highest BCUT2D eigenvalue weighted by atomic mass is 16.2. The van der Waals surface area contributed by atoms with Gasteiger partial charge in [0.05, 0.1) is 18.2 Å². The number of likely N-dealkylation sites (tertiary alicyclic amines) is 2. The van der Waals surface area contributed by atoms with Crippen molar-refractivity contribution in [3.63, 3.8) is 0 Å². The van der Waals surface area contributed by atoms with Crippen LogP contribution in [0.3, 0.4) is 0 Å². The summed E-state index contributed by atoms with van der Waals surface area (Å²) in [5.41, 5.74) is 0.858. The molecule has 2 aliphatic rings. The van der Waals surface area contributed by atoms with Gasteiger partial charge in [0.2, 0.25) is 11.8 Å². The Bertz CT molecular complexity index is 826. The highest BCUT2D eigenvalue weighted by Crippen LogP contribution is 2.29. The third-order valence-corrected chi connectivity index (χ3v) is 5.90. The molecule has 2 aromatic rings. The number of imidazole rings is 1. The molecule has 0 unspecified atom stereocenters. The van der Waals surface area contributed by atoms with E-state index in [0.29, 0.717) is 25.4 Å². The number of rotatable bonds is 5. The van der Waals surface area contributed by atoms with Gasteiger partial charge in [-0.05, 0) is 31.9 Å². The third kappa shape index (κ3) is 3.79. The van der Waals surface area contributed by atoms with E-state index in [1.807, 2.05) is 35.5 Å². The van der Waals surface area contributed by atoms with Gasteiger partial charge in [-0.2, -0.15) is 0 Å². The maximum Gasteiger partial charge on any atom is 0.227 e. The average molecular weight is 381 g/mol. The Balaban J connectivity index is 1.32. The predicted octanol–water partition coefficient (Wildman–Crippen LogP) is 2.05. The number of hydrogen-bond donors (Lipinski definition) is 0. The largest absolute Gasteiger partial charge is 0.342 e. The van der Waals surface area contributed by atoms with Gasteiger partial charge in [-0.3, -0.25) is 14.6 Å². The van der Waals surface area contributed by atoms with E-state index in [0.717, 1.165) is 44.0 Å². The summed E-state index contributed by atoms with van der Waals surface area (Å²) in [7, 11) is 0. The molecular formula is C21H27N5O2. The van der Waals surface area contributed by atoms with Gasteiger partial charge < -0.3 is 14.4 Å². The van der Waals surface area contributed by atoms with Crippen LogP contribution >= 0.6 is 0 Å². The number of piperidine rings is 1. The minimum Gasteiger partial charge on any atom is -0.342 e. The SMILES string of the molecule is CCn1ccnc1C1CCN(C(=O)[C@H]2CC(=O)N(Cc3ccccn3)C2)CC1. The second-order valence-corrected chi connectivity index (χ2v) is 7.67. The first kappa shape index (κ1) is 18.7. The van der Waals surface area contributed by atoms with Crippen LogP contribution in [-0.4, -0.2) is 55.8 Å². The fraction of sp³-hybridized carbons (Fsp3) is 0.524. The summed E-state index contributed by atoms with van der Waals surface area (Å²) in [5, 5.41) is 0. The molecule has 2 fully saturated rings. The fourth-order valence-corrected chi connectivity index (χ4v) is 4.34. The number of hydrogen-bond acceptors (Lipinski definition) is 4. The van der Waals surface area contributed by atoms with Crippen LogP contribution in [0, 0.1) is 5.92 Å². The van der Waals surface area contributed by atoms with Crippen molar-refractivity contribution < 1.29 is 9.59 Å². The summed E-state index contributed by atoms with van der Waals surface area (Å²) in [6.07, 6.45) is 7.78. The molecule has 0 aromatic carbocycles. The highest BCUT2D eigenvalue weighted by Gasteiger charge is 2.37. The molecule has 4 heterocycles. The summed E-state index contributed by atoms with van der Waals surface area (Å²) in [5.74, 6) is 1.47. The van der Waals surface area contributed by atoms with Crippen LogP contribution in [-0.2, 0) is 22.7 Å². The smallest absolute Gasteiger partial charge is 0.227 e. The topological polar surface area (TPSA) is 71.3 Å². The van der Waals surface area contributed by atoms with Crippen molar-refractivity contribution in [3.8, 4) is 0 Å². The number of nitrogens with zero attached hydrogens (tertiary/aromatic N) is 5. The lowest BCUT2D eigenvalue weighted by atomic mass is 9.94. The molecule has 0 spiro atoms. The molecule has 0 aliphatic carbocycles. The van der Waals surface area contributed by atoms with Crippen molar-refractivity contribution in [1.29, 1.82) is 0 Å². The first-order valence-corrected chi connectivity index (χ1v) is 10.1. The van der Waals surface area contributed by atoms with Crippen LogP contribution < -0.4 is 0 Å². The standard InChI is InChI=1S/C21H27N5O2/c1-2-24-12-9-23-20(24)16-6-10-25(11-7-16)21(28)17-13-19(27)26(14-17)15-18-5-3-4-8-22-18/h3-5,8-9,12,16-17H,2,6-7,10-11,13-15H2,1H3/t17-/m0/s1. The maximum absolute atomic E-state index is 13.0. The summed E-state index contributed by atoms with van der Waals surface area (Å²) in [6, 6.07) is 5.69. The molecule has 28 heavy (non-hydrogen) atoms. The van der Waals surface area contributed by atoms with Crippen LogP contribution in [0.25, 0.3) is 0 Å². The monoisotopic (exact) mass is 381 g/mol. The van der Waals surface area contributed by atoms with Gasteiger partial charge in [0.1, 0.15) is 5.82 Å². The molecule has 1 atom stereocenters. The molecule has 148 valence electrons. The summed E-state index contributed by atoms with van der Waals surface area (Å²) in [4.78, 5) is 37.8. The molecule has 0 radical (unpaired) electrons. The molecule has 7 nitrogen and oxygen atoms in total. The van der Waals surface area contributed by atoms with E-state index in [4.69, 9.17) is 0 Å². The van der Waals surface area contributed by atoms with Crippen molar-refractivity contribution >= 4 is 11.8 Å². The van der Waals surface area contributed by atoms with E-state index >= 15 is 0 Å². The van der Waals surface area contributed by atoms with Crippen molar-refractivity contribution in [3.05, 3.63) is 48.3 Å². The lowest BCUT2D eigenvalue weighted by molar-refractivity contribution is -0.136. The molecule has 0 bridgehead atoms. The molecule has 2 amide bonds. The van der Waals surface area contributed by atoms with Crippen LogP contribution in [0.1, 0.15) is 43.6 Å². The summed E-state index contributed by atoms with van der Waals surface area (Å²) >= 11 is 0. The second kappa shape index (κ2) is 8.12. The van der Waals surface area contributed by atoms with Gasteiger partial charge in [-0.15, -0.1) is 0 Å². The Morgan fingerprint density at radius 1 is 1.18 bits per heavy atom. The predicted molar refractivity (Wildman–Crippen MR) is 104 cm³/mol. The van der Waals surface area contributed by atoms with Crippen LogP contribution in [0.5, 0.6) is 0 Å². The summed E-state index contributed by atoms with van der Waals surface area (Å²) in [6.45, 7) is 5.50. The van der Waals surface area contributed by atoms with Gasteiger partial charge in [-0.1, -0.05) is 6.07 Å². The first-order valence-electron chi connectivity index (χ1n) is 10.1.